The van der Waals surface area contributed by atoms with Crippen LogP contribution in [0, 0.1) is 0 Å². The third-order valence-electron chi connectivity index (χ3n) is 2.25. The molecule has 1 aliphatic rings. The summed E-state index contributed by atoms with van der Waals surface area (Å²) in [7, 11) is 2.34. The molecule has 0 aromatic rings. The molecule has 1 rings (SSSR count). The van der Waals surface area contributed by atoms with E-state index >= 15 is 0 Å². The molecule has 0 unspecified atom stereocenters. The Bertz CT molecular complexity index is 65.1. The summed E-state index contributed by atoms with van der Waals surface area (Å²) >= 11 is -1.03. The maximum absolute atomic E-state index is 2.38. The SMILES string of the molecule is C[CH2][Ge]1([CH2]C)[CH2]C[S]1. The fraction of sp³-hybridized carbons (Fsp3) is 1.00. The molecule has 0 nitrogen and oxygen atoms in total. The van der Waals surface area contributed by atoms with Crippen molar-refractivity contribution in [2.24, 2.45) is 0 Å². The molecule has 0 N–H and O–H groups in total. The molecule has 0 radical (unpaired) electrons. The summed E-state index contributed by atoms with van der Waals surface area (Å²) in [6.45, 7) is 4.77. The zero-order valence-corrected chi connectivity index (χ0v) is 8.65. The van der Waals surface area contributed by atoms with Crippen LogP contribution in [-0.2, 0) is 0 Å². The molecular weight excluding hydrogens is 177 g/mol. The quantitative estimate of drug-likeness (QED) is 0.604. The molecule has 0 aliphatic carbocycles. The number of rotatable bonds is 2. The van der Waals surface area contributed by atoms with E-state index in [2.05, 4.69) is 23.9 Å². The Labute approximate surface area is 57.8 Å². The van der Waals surface area contributed by atoms with Gasteiger partial charge in [-0.15, -0.1) is 0 Å². The van der Waals surface area contributed by atoms with Gasteiger partial charge in [0, 0.05) is 0 Å². The van der Waals surface area contributed by atoms with Crippen LogP contribution in [0.5, 0.6) is 0 Å². The zero-order chi connectivity index (χ0) is 6.04. The van der Waals surface area contributed by atoms with Crippen LogP contribution in [0.2, 0.25) is 15.8 Å². The third-order valence-corrected chi connectivity index (χ3v) is 21.1. The van der Waals surface area contributed by atoms with Crippen LogP contribution in [-0.4, -0.2) is 17.9 Å². The van der Waals surface area contributed by atoms with Gasteiger partial charge in [-0.25, -0.2) is 0 Å². The molecular formula is C6H14GeS. The van der Waals surface area contributed by atoms with Crippen LogP contribution in [0.25, 0.3) is 0 Å². The van der Waals surface area contributed by atoms with Gasteiger partial charge >= 0.3 is 57.6 Å². The molecule has 1 heterocycles. The van der Waals surface area contributed by atoms with Gasteiger partial charge in [0.2, 0.25) is 0 Å². The number of hydrogen-bond donors (Lipinski definition) is 0. The van der Waals surface area contributed by atoms with Crippen molar-refractivity contribution in [3.8, 4) is 0 Å². The molecule has 8 heavy (non-hydrogen) atoms. The predicted octanol–water partition coefficient (Wildman–Crippen LogP) is 2.72. The van der Waals surface area contributed by atoms with E-state index < -0.39 is 12.1 Å². The van der Waals surface area contributed by atoms with Crippen molar-refractivity contribution in [1.29, 1.82) is 0 Å². The fourth-order valence-corrected chi connectivity index (χ4v) is 12.4. The normalized spacial score (nSPS) is 24.8. The predicted molar refractivity (Wildman–Crippen MR) is 44.0 cm³/mol. The molecule has 1 saturated heterocycles. The molecule has 0 atom stereocenters. The van der Waals surface area contributed by atoms with E-state index in [9.17, 15) is 0 Å². The maximum atomic E-state index is 2.38. The summed E-state index contributed by atoms with van der Waals surface area (Å²) < 4.78 is 0. The fourth-order valence-electron chi connectivity index (χ4n) is 1.20. The van der Waals surface area contributed by atoms with Crippen LogP contribution in [0.3, 0.4) is 0 Å². The Morgan fingerprint density at radius 3 is 1.88 bits per heavy atom. The van der Waals surface area contributed by atoms with Gasteiger partial charge in [0.15, 0.2) is 0 Å². The second-order valence-electron chi connectivity index (χ2n) is 2.49. The minimum absolute atomic E-state index is 1.03. The van der Waals surface area contributed by atoms with Crippen LogP contribution < -0.4 is 0 Å². The van der Waals surface area contributed by atoms with Gasteiger partial charge in [-0.3, -0.25) is 0 Å². The van der Waals surface area contributed by atoms with Gasteiger partial charge in [-0.1, -0.05) is 0 Å². The second-order valence-corrected chi connectivity index (χ2v) is 18.5. The second kappa shape index (κ2) is 2.65. The van der Waals surface area contributed by atoms with Crippen LogP contribution in [0.4, 0.5) is 0 Å². The first-order valence-corrected chi connectivity index (χ1v) is 11.5. The van der Waals surface area contributed by atoms with Gasteiger partial charge in [0.25, 0.3) is 0 Å². The van der Waals surface area contributed by atoms with E-state index in [0.717, 1.165) is 0 Å². The summed E-state index contributed by atoms with van der Waals surface area (Å²) in [5.41, 5.74) is 0. The van der Waals surface area contributed by atoms with Gasteiger partial charge < -0.3 is 0 Å². The van der Waals surface area contributed by atoms with E-state index in [1.54, 1.807) is 15.8 Å². The van der Waals surface area contributed by atoms with Crippen molar-refractivity contribution in [2.45, 2.75) is 29.6 Å². The first-order valence-electron chi connectivity index (χ1n) is 3.47. The Morgan fingerprint density at radius 2 is 1.88 bits per heavy atom. The summed E-state index contributed by atoms with van der Waals surface area (Å²) in [5, 5.41) is 4.76. The average molecular weight is 191 g/mol. The average Bonchev–Trinajstić information content (AvgIpc) is 1.67. The van der Waals surface area contributed by atoms with E-state index in [0.29, 0.717) is 0 Å². The molecule has 0 saturated carbocycles. The molecule has 1 fully saturated rings. The van der Waals surface area contributed by atoms with Crippen molar-refractivity contribution in [2.75, 3.05) is 5.75 Å². The van der Waals surface area contributed by atoms with Crippen molar-refractivity contribution in [3.63, 3.8) is 0 Å². The molecule has 1 aliphatic heterocycles. The third kappa shape index (κ3) is 1.08. The minimum atomic E-state index is -1.03. The molecule has 0 aromatic heterocycles. The van der Waals surface area contributed by atoms with E-state index in [-0.39, 0.29) is 0 Å². The molecule has 0 bridgehead atoms. The summed E-state index contributed by atoms with van der Waals surface area (Å²) in [6, 6.07) is 0. The summed E-state index contributed by atoms with van der Waals surface area (Å²) in [6.07, 6.45) is 0. The monoisotopic (exact) mass is 192 g/mol. The van der Waals surface area contributed by atoms with Crippen molar-refractivity contribution >= 4 is 22.2 Å². The molecule has 2 heteroatoms. The van der Waals surface area contributed by atoms with E-state index in [4.69, 9.17) is 0 Å². The Balaban J connectivity index is 2.33. The zero-order valence-electron chi connectivity index (χ0n) is 5.74. The van der Waals surface area contributed by atoms with Gasteiger partial charge in [-0.05, 0) is 0 Å². The Hall–Kier alpha value is 0.893. The molecule has 0 amide bonds. The summed E-state index contributed by atoms with van der Waals surface area (Å²) in [4.78, 5) is 0. The first-order chi connectivity index (χ1) is 3.83. The van der Waals surface area contributed by atoms with Crippen molar-refractivity contribution in [3.05, 3.63) is 0 Å². The Kier molecular flexibility index (Phi) is 2.32. The molecule has 0 spiro atoms. The standard InChI is InChI=1S/C6H14GeS/c1-3-7(4-2)5-6-8-7/h3-6H2,1-2H3. The van der Waals surface area contributed by atoms with Crippen molar-refractivity contribution < 1.29 is 0 Å². The van der Waals surface area contributed by atoms with Crippen LogP contribution in [0.1, 0.15) is 13.8 Å². The van der Waals surface area contributed by atoms with E-state index in [1.165, 1.54) is 5.75 Å². The Morgan fingerprint density at radius 1 is 1.38 bits per heavy atom. The van der Waals surface area contributed by atoms with Crippen LogP contribution >= 0.6 is 10.1 Å². The summed E-state index contributed by atoms with van der Waals surface area (Å²) in [5.74, 6) is 1.49. The van der Waals surface area contributed by atoms with Gasteiger partial charge in [0.05, 0.1) is 0 Å². The topological polar surface area (TPSA) is 0 Å². The molecule has 48 valence electrons. The van der Waals surface area contributed by atoms with Crippen LogP contribution in [0.15, 0.2) is 0 Å². The van der Waals surface area contributed by atoms with Gasteiger partial charge in [-0.2, -0.15) is 0 Å². The number of hydrogen-bond acceptors (Lipinski definition) is 1. The van der Waals surface area contributed by atoms with E-state index in [1.807, 2.05) is 0 Å². The molecule has 0 aromatic carbocycles. The first kappa shape index (κ1) is 7.01. The van der Waals surface area contributed by atoms with Crippen molar-refractivity contribution in [1.82, 2.24) is 0 Å². The van der Waals surface area contributed by atoms with Gasteiger partial charge in [0.1, 0.15) is 0 Å².